The number of fused-ring (bicyclic) bond motifs is 1. The monoisotopic (exact) mass is 274 g/mol. The lowest BCUT2D eigenvalue weighted by atomic mass is 10.2. The Bertz CT molecular complexity index is 466. The van der Waals surface area contributed by atoms with Crippen LogP contribution in [0, 0.1) is 5.82 Å². The molecule has 0 radical (unpaired) electrons. The lowest BCUT2D eigenvalue weighted by molar-refractivity contribution is 0.389. The Morgan fingerprint density at radius 3 is 2.93 bits per heavy atom. The van der Waals surface area contributed by atoms with E-state index in [9.17, 15) is 4.39 Å². The van der Waals surface area contributed by atoms with Crippen molar-refractivity contribution < 1.29 is 9.13 Å². The average Bonchev–Trinajstić information content (AvgIpc) is 2.62. The fourth-order valence-corrected chi connectivity index (χ4v) is 2.75. The van der Waals surface area contributed by atoms with E-state index in [2.05, 4.69) is 15.9 Å². The van der Waals surface area contributed by atoms with Crippen molar-refractivity contribution in [3.63, 3.8) is 0 Å². The van der Waals surface area contributed by atoms with Crippen LogP contribution in [0.25, 0.3) is 10.1 Å². The third kappa shape index (κ3) is 1.53. The lowest BCUT2D eigenvalue weighted by Crippen LogP contribution is -1.86. The second-order valence-electron chi connectivity index (χ2n) is 2.84. The van der Waals surface area contributed by atoms with Crippen LogP contribution in [0.5, 0.6) is 5.75 Å². The van der Waals surface area contributed by atoms with Crippen LogP contribution in [0.4, 0.5) is 4.39 Å². The molecule has 0 fully saturated rings. The molecule has 0 aliphatic heterocycles. The Kier molecular flexibility index (Phi) is 2.74. The molecule has 74 valence electrons. The van der Waals surface area contributed by atoms with Gasteiger partial charge in [0.05, 0.1) is 7.11 Å². The van der Waals surface area contributed by atoms with Crippen LogP contribution in [-0.2, 0) is 5.33 Å². The second kappa shape index (κ2) is 3.87. The number of benzene rings is 1. The standard InChI is InChI=1S/C10H8BrFOS/c1-13-8-2-3-9-7(10(8)12)4-6(5-11)14-9/h2-4H,5H2,1H3. The molecule has 0 N–H and O–H groups in total. The minimum absolute atomic E-state index is 0.270. The van der Waals surface area contributed by atoms with Crippen molar-refractivity contribution in [2.45, 2.75) is 5.33 Å². The molecule has 0 spiro atoms. The lowest BCUT2D eigenvalue weighted by Gasteiger charge is -2.00. The number of halogens is 2. The molecule has 4 heteroatoms. The number of ether oxygens (including phenoxy) is 1. The molecule has 0 amide bonds. The van der Waals surface area contributed by atoms with Gasteiger partial charge < -0.3 is 4.74 Å². The largest absolute Gasteiger partial charge is 0.494 e. The van der Waals surface area contributed by atoms with E-state index in [4.69, 9.17) is 4.74 Å². The summed E-state index contributed by atoms with van der Waals surface area (Å²) in [7, 11) is 1.47. The van der Waals surface area contributed by atoms with Gasteiger partial charge in [0.15, 0.2) is 11.6 Å². The van der Waals surface area contributed by atoms with E-state index in [-0.39, 0.29) is 5.82 Å². The highest BCUT2D eigenvalue weighted by molar-refractivity contribution is 9.08. The van der Waals surface area contributed by atoms with Crippen LogP contribution in [0.1, 0.15) is 4.88 Å². The maximum atomic E-state index is 13.7. The van der Waals surface area contributed by atoms with Crippen LogP contribution < -0.4 is 4.74 Å². The zero-order valence-electron chi connectivity index (χ0n) is 7.51. The summed E-state index contributed by atoms with van der Waals surface area (Å²) in [5.41, 5.74) is 0. The summed E-state index contributed by atoms with van der Waals surface area (Å²) < 4.78 is 19.6. The quantitative estimate of drug-likeness (QED) is 0.754. The van der Waals surface area contributed by atoms with Crippen molar-refractivity contribution in [3.05, 3.63) is 28.9 Å². The third-order valence-corrected chi connectivity index (χ3v) is 4.08. The molecule has 0 aliphatic rings. The van der Waals surface area contributed by atoms with Crippen molar-refractivity contribution in [1.29, 1.82) is 0 Å². The maximum Gasteiger partial charge on any atom is 0.173 e. The summed E-state index contributed by atoms with van der Waals surface area (Å²) in [5.74, 6) is 0.0323. The van der Waals surface area contributed by atoms with E-state index in [1.807, 2.05) is 12.1 Å². The van der Waals surface area contributed by atoms with Crippen LogP contribution in [0.3, 0.4) is 0 Å². The van der Waals surface area contributed by atoms with Crippen LogP contribution >= 0.6 is 27.3 Å². The molecule has 1 nitrogen and oxygen atoms in total. The first-order valence-corrected chi connectivity index (χ1v) is 6.01. The maximum absolute atomic E-state index is 13.7. The van der Waals surface area contributed by atoms with E-state index in [1.165, 1.54) is 7.11 Å². The number of hydrogen-bond acceptors (Lipinski definition) is 2. The van der Waals surface area contributed by atoms with E-state index in [0.717, 1.165) is 14.9 Å². The Morgan fingerprint density at radius 2 is 2.29 bits per heavy atom. The molecule has 1 aromatic heterocycles. The Balaban J connectivity index is 2.68. The van der Waals surface area contributed by atoms with Gasteiger partial charge in [-0.15, -0.1) is 11.3 Å². The third-order valence-electron chi connectivity index (χ3n) is 2.00. The summed E-state index contributed by atoms with van der Waals surface area (Å²) in [5, 5.41) is 1.40. The van der Waals surface area contributed by atoms with Crippen molar-refractivity contribution in [2.75, 3.05) is 7.11 Å². The highest BCUT2D eigenvalue weighted by atomic mass is 79.9. The van der Waals surface area contributed by atoms with Crippen LogP contribution in [0.2, 0.25) is 0 Å². The summed E-state index contributed by atoms with van der Waals surface area (Å²) in [4.78, 5) is 1.12. The molecule has 0 atom stereocenters. The van der Waals surface area contributed by atoms with Gasteiger partial charge in [0.25, 0.3) is 0 Å². The summed E-state index contributed by atoms with van der Waals surface area (Å²) in [6.07, 6.45) is 0. The summed E-state index contributed by atoms with van der Waals surface area (Å²) in [6, 6.07) is 5.40. The first-order valence-electron chi connectivity index (χ1n) is 4.07. The van der Waals surface area contributed by atoms with Crippen LogP contribution in [-0.4, -0.2) is 7.11 Å². The van der Waals surface area contributed by atoms with Crippen molar-refractivity contribution in [3.8, 4) is 5.75 Å². The number of methoxy groups -OCH3 is 1. The van der Waals surface area contributed by atoms with Gasteiger partial charge in [-0.25, -0.2) is 4.39 Å². The minimum Gasteiger partial charge on any atom is -0.494 e. The highest BCUT2D eigenvalue weighted by Gasteiger charge is 2.10. The van der Waals surface area contributed by atoms with Gasteiger partial charge in [-0.3, -0.25) is 0 Å². The predicted molar refractivity (Wildman–Crippen MR) is 61.0 cm³/mol. The normalized spacial score (nSPS) is 10.8. The molecule has 0 aliphatic carbocycles. The van der Waals surface area contributed by atoms with E-state index in [0.29, 0.717) is 11.1 Å². The fourth-order valence-electron chi connectivity index (χ4n) is 1.33. The average molecular weight is 275 g/mol. The number of thiophene rings is 1. The summed E-state index contributed by atoms with van der Waals surface area (Å²) in [6.45, 7) is 0. The second-order valence-corrected chi connectivity index (χ2v) is 4.57. The van der Waals surface area contributed by atoms with Crippen molar-refractivity contribution in [2.24, 2.45) is 0 Å². The molecule has 0 unspecified atom stereocenters. The topological polar surface area (TPSA) is 9.23 Å². The van der Waals surface area contributed by atoms with Crippen LogP contribution in [0.15, 0.2) is 18.2 Å². The molecular formula is C10H8BrFOS. The zero-order valence-corrected chi connectivity index (χ0v) is 9.91. The molecule has 2 aromatic rings. The van der Waals surface area contributed by atoms with Gasteiger partial charge in [-0.05, 0) is 18.2 Å². The molecular weight excluding hydrogens is 267 g/mol. The molecule has 1 heterocycles. The van der Waals surface area contributed by atoms with E-state index < -0.39 is 0 Å². The zero-order chi connectivity index (χ0) is 10.1. The first kappa shape index (κ1) is 9.93. The van der Waals surface area contributed by atoms with Gasteiger partial charge in [0, 0.05) is 20.3 Å². The predicted octanol–water partition coefficient (Wildman–Crippen LogP) is 3.94. The highest BCUT2D eigenvalue weighted by Crippen LogP contribution is 2.33. The van der Waals surface area contributed by atoms with Gasteiger partial charge in [-0.1, -0.05) is 15.9 Å². The Labute approximate surface area is 93.6 Å². The van der Waals surface area contributed by atoms with E-state index >= 15 is 0 Å². The SMILES string of the molecule is COc1ccc2sc(CBr)cc2c1F. The molecule has 14 heavy (non-hydrogen) atoms. The van der Waals surface area contributed by atoms with E-state index in [1.54, 1.807) is 17.4 Å². The molecule has 0 saturated carbocycles. The fraction of sp³-hybridized carbons (Fsp3) is 0.200. The van der Waals surface area contributed by atoms with Gasteiger partial charge in [0.2, 0.25) is 0 Å². The minimum atomic E-state index is -0.270. The smallest absolute Gasteiger partial charge is 0.173 e. The van der Waals surface area contributed by atoms with Gasteiger partial charge >= 0.3 is 0 Å². The molecule has 1 aromatic carbocycles. The molecule has 0 saturated heterocycles. The number of rotatable bonds is 2. The van der Waals surface area contributed by atoms with Gasteiger partial charge in [0.1, 0.15) is 0 Å². The Hall–Kier alpha value is -0.610. The summed E-state index contributed by atoms with van der Waals surface area (Å²) >= 11 is 4.94. The first-order chi connectivity index (χ1) is 6.76. The molecule has 2 rings (SSSR count). The Morgan fingerprint density at radius 1 is 1.50 bits per heavy atom. The van der Waals surface area contributed by atoms with Crippen molar-refractivity contribution >= 4 is 37.4 Å². The molecule has 0 bridgehead atoms. The number of hydrogen-bond donors (Lipinski definition) is 0. The van der Waals surface area contributed by atoms with Crippen molar-refractivity contribution in [1.82, 2.24) is 0 Å². The van der Waals surface area contributed by atoms with Gasteiger partial charge in [-0.2, -0.15) is 0 Å². The number of alkyl halides is 1.